The number of benzene rings is 1. The highest BCUT2D eigenvalue weighted by Crippen LogP contribution is 2.20. The highest BCUT2D eigenvalue weighted by molar-refractivity contribution is 6.30. The molecule has 2 heterocycles. The molecule has 0 atom stereocenters. The van der Waals surface area contributed by atoms with E-state index in [-0.39, 0.29) is 0 Å². The van der Waals surface area contributed by atoms with Gasteiger partial charge in [-0.15, -0.1) is 0 Å². The van der Waals surface area contributed by atoms with Gasteiger partial charge in [-0.1, -0.05) is 16.8 Å². The lowest BCUT2D eigenvalue weighted by atomic mass is 10.2. The lowest BCUT2D eigenvalue weighted by molar-refractivity contribution is 0.125. The average molecular weight is 294 g/mol. The normalized spacial score (nSPS) is 17.5. The molecule has 1 aliphatic heterocycles. The topological polar surface area (TPSA) is 71.4 Å². The van der Waals surface area contributed by atoms with Crippen LogP contribution in [0.25, 0.3) is 11.5 Å². The maximum Gasteiger partial charge on any atom is 0.257 e. The van der Waals surface area contributed by atoms with Crippen LogP contribution in [-0.2, 0) is 6.54 Å². The van der Waals surface area contributed by atoms with E-state index in [9.17, 15) is 0 Å². The lowest BCUT2D eigenvalue weighted by Gasteiger charge is -2.30. The molecule has 1 aromatic carbocycles. The molecule has 0 amide bonds. The van der Waals surface area contributed by atoms with Crippen molar-refractivity contribution < 1.29 is 4.52 Å². The van der Waals surface area contributed by atoms with Crippen molar-refractivity contribution in [3.05, 3.63) is 35.1 Å². The number of hydrogen-bond donors (Lipinski definition) is 1. The van der Waals surface area contributed by atoms with Gasteiger partial charge in [-0.2, -0.15) is 4.98 Å². The second-order valence-electron chi connectivity index (χ2n) is 4.83. The van der Waals surface area contributed by atoms with Crippen LogP contribution in [-0.4, -0.2) is 46.2 Å². The van der Waals surface area contributed by atoms with E-state index in [1.807, 2.05) is 17.1 Å². The van der Waals surface area contributed by atoms with E-state index in [2.05, 4.69) is 15.0 Å². The van der Waals surface area contributed by atoms with Gasteiger partial charge in [0, 0.05) is 36.8 Å². The number of aromatic nitrogens is 2. The van der Waals surface area contributed by atoms with Crippen molar-refractivity contribution in [2.24, 2.45) is 5.84 Å². The fraction of sp³-hybridized carbons (Fsp3) is 0.385. The first kappa shape index (κ1) is 13.5. The first-order valence-corrected chi connectivity index (χ1v) is 6.89. The van der Waals surface area contributed by atoms with Crippen molar-refractivity contribution in [2.75, 3.05) is 26.2 Å². The minimum atomic E-state index is 0.522. The molecule has 1 aromatic heterocycles. The van der Waals surface area contributed by atoms with E-state index in [1.54, 1.807) is 12.1 Å². The van der Waals surface area contributed by atoms with Crippen molar-refractivity contribution in [1.82, 2.24) is 20.0 Å². The van der Waals surface area contributed by atoms with E-state index in [4.69, 9.17) is 22.0 Å². The Morgan fingerprint density at radius 3 is 2.55 bits per heavy atom. The van der Waals surface area contributed by atoms with Gasteiger partial charge in [-0.05, 0) is 24.3 Å². The molecule has 1 fully saturated rings. The Morgan fingerprint density at radius 1 is 1.15 bits per heavy atom. The van der Waals surface area contributed by atoms with Crippen molar-refractivity contribution in [3.63, 3.8) is 0 Å². The summed E-state index contributed by atoms with van der Waals surface area (Å²) in [5, 5.41) is 6.54. The Hall–Kier alpha value is -1.47. The molecule has 20 heavy (non-hydrogen) atoms. The number of piperazine rings is 1. The number of hydrogen-bond acceptors (Lipinski definition) is 6. The molecule has 1 aliphatic rings. The summed E-state index contributed by atoms with van der Waals surface area (Å²) in [6.45, 7) is 4.25. The molecular formula is C13H16ClN5O. The standard InChI is InChI=1S/C13H16ClN5O/c14-11-3-1-10(2-4-11)13-16-12(17-20-13)9-18-5-7-19(15)8-6-18/h1-4H,5-9,15H2. The second-order valence-corrected chi connectivity index (χ2v) is 5.27. The van der Waals surface area contributed by atoms with Gasteiger partial charge < -0.3 is 4.52 Å². The summed E-state index contributed by atoms with van der Waals surface area (Å²) in [5.74, 6) is 6.95. The van der Waals surface area contributed by atoms with Crippen LogP contribution in [0.2, 0.25) is 5.02 Å². The first-order chi connectivity index (χ1) is 9.70. The van der Waals surface area contributed by atoms with Gasteiger partial charge in [-0.3, -0.25) is 10.7 Å². The molecule has 2 N–H and O–H groups in total. The van der Waals surface area contributed by atoms with E-state index in [1.165, 1.54) is 0 Å². The smallest absolute Gasteiger partial charge is 0.257 e. The second kappa shape index (κ2) is 5.88. The van der Waals surface area contributed by atoms with Crippen LogP contribution >= 0.6 is 11.6 Å². The fourth-order valence-electron chi connectivity index (χ4n) is 2.15. The summed E-state index contributed by atoms with van der Waals surface area (Å²) >= 11 is 5.86. The zero-order chi connectivity index (χ0) is 13.9. The molecule has 106 valence electrons. The van der Waals surface area contributed by atoms with Gasteiger partial charge in [0.1, 0.15) is 0 Å². The highest BCUT2D eigenvalue weighted by atomic mass is 35.5. The first-order valence-electron chi connectivity index (χ1n) is 6.51. The van der Waals surface area contributed by atoms with Crippen LogP contribution in [0.3, 0.4) is 0 Å². The van der Waals surface area contributed by atoms with Gasteiger partial charge in [0.15, 0.2) is 5.82 Å². The molecule has 3 rings (SSSR count). The molecule has 0 spiro atoms. The monoisotopic (exact) mass is 293 g/mol. The van der Waals surface area contributed by atoms with E-state index < -0.39 is 0 Å². The molecule has 2 aromatic rings. The lowest BCUT2D eigenvalue weighted by Crippen LogP contribution is -2.48. The summed E-state index contributed by atoms with van der Waals surface area (Å²) in [7, 11) is 0. The third-order valence-electron chi connectivity index (χ3n) is 3.33. The van der Waals surface area contributed by atoms with Crippen LogP contribution in [0.1, 0.15) is 5.82 Å². The summed E-state index contributed by atoms with van der Waals surface area (Å²) in [6, 6.07) is 7.35. The van der Waals surface area contributed by atoms with Gasteiger partial charge in [-0.25, -0.2) is 5.01 Å². The molecule has 6 nitrogen and oxygen atoms in total. The van der Waals surface area contributed by atoms with E-state index in [0.29, 0.717) is 23.3 Å². The Balaban J connectivity index is 1.66. The average Bonchev–Trinajstić information content (AvgIpc) is 2.91. The van der Waals surface area contributed by atoms with Crippen LogP contribution < -0.4 is 5.84 Å². The molecular weight excluding hydrogens is 278 g/mol. The number of nitrogens with two attached hydrogens (primary N) is 1. The SMILES string of the molecule is NN1CCN(Cc2noc(-c3ccc(Cl)cc3)n2)CC1. The van der Waals surface area contributed by atoms with Gasteiger partial charge in [0.2, 0.25) is 0 Å². The van der Waals surface area contributed by atoms with Gasteiger partial charge in [0.25, 0.3) is 5.89 Å². The Morgan fingerprint density at radius 2 is 1.85 bits per heavy atom. The van der Waals surface area contributed by atoms with Crippen LogP contribution in [0.15, 0.2) is 28.8 Å². The zero-order valence-electron chi connectivity index (χ0n) is 11.0. The molecule has 7 heteroatoms. The number of nitrogens with zero attached hydrogens (tertiary/aromatic N) is 4. The van der Waals surface area contributed by atoms with Crippen LogP contribution in [0.5, 0.6) is 0 Å². The summed E-state index contributed by atoms with van der Waals surface area (Å²) in [6.07, 6.45) is 0. The predicted octanol–water partition coefficient (Wildman–Crippen LogP) is 1.38. The summed E-state index contributed by atoms with van der Waals surface area (Å²) < 4.78 is 5.29. The fourth-order valence-corrected chi connectivity index (χ4v) is 2.28. The highest BCUT2D eigenvalue weighted by Gasteiger charge is 2.17. The summed E-state index contributed by atoms with van der Waals surface area (Å²) in [4.78, 5) is 6.68. The molecule has 0 saturated carbocycles. The Kier molecular flexibility index (Phi) is 3.98. The van der Waals surface area contributed by atoms with Gasteiger partial charge >= 0.3 is 0 Å². The minimum absolute atomic E-state index is 0.522. The van der Waals surface area contributed by atoms with Crippen LogP contribution in [0, 0.1) is 0 Å². The Labute approximate surface area is 122 Å². The molecule has 0 radical (unpaired) electrons. The minimum Gasteiger partial charge on any atom is -0.334 e. The van der Waals surface area contributed by atoms with E-state index in [0.717, 1.165) is 31.7 Å². The number of rotatable bonds is 3. The van der Waals surface area contributed by atoms with Crippen molar-refractivity contribution in [2.45, 2.75) is 6.54 Å². The van der Waals surface area contributed by atoms with Crippen molar-refractivity contribution in [1.29, 1.82) is 0 Å². The largest absolute Gasteiger partial charge is 0.334 e. The Bertz CT molecular complexity index is 562. The van der Waals surface area contributed by atoms with Crippen molar-refractivity contribution in [3.8, 4) is 11.5 Å². The third kappa shape index (κ3) is 3.16. The zero-order valence-corrected chi connectivity index (χ0v) is 11.8. The summed E-state index contributed by atoms with van der Waals surface area (Å²) in [5.41, 5.74) is 0.875. The van der Waals surface area contributed by atoms with Crippen molar-refractivity contribution >= 4 is 11.6 Å². The molecule has 0 aliphatic carbocycles. The van der Waals surface area contributed by atoms with Crippen LogP contribution in [0.4, 0.5) is 0 Å². The maximum atomic E-state index is 5.86. The number of halogens is 1. The maximum absolute atomic E-state index is 5.86. The number of hydrazine groups is 1. The van der Waals surface area contributed by atoms with E-state index >= 15 is 0 Å². The molecule has 1 saturated heterocycles. The molecule has 0 bridgehead atoms. The quantitative estimate of drug-likeness (QED) is 0.862. The predicted molar refractivity (Wildman–Crippen MR) is 75.8 cm³/mol. The van der Waals surface area contributed by atoms with Gasteiger partial charge in [0.05, 0.1) is 6.54 Å². The third-order valence-corrected chi connectivity index (χ3v) is 3.58. The molecule has 0 unspecified atom stereocenters.